The molecule has 0 spiro atoms. The van der Waals surface area contributed by atoms with E-state index in [4.69, 9.17) is 9.47 Å². The lowest BCUT2D eigenvalue weighted by Crippen LogP contribution is -2.46. The number of hydrogen-bond acceptors (Lipinski definition) is 3. The van der Waals surface area contributed by atoms with E-state index < -0.39 is 5.79 Å². The third-order valence-electron chi connectivity index (χ3n) is 3.28. The fourth-order valence-corrected chi connectivity index (χ4v) is 2.42. The highest BCUT2D eigenvalue weighted by Crippen LogP contribution is 2.30. The molecule has 0 amide bonds. The number of allylic oxidation sites excluding steroid dienone is 2. The number of aliphatic hydroxyl groups excluding tert-OH is 1. The minimum atomic E-state index is -0.569. The largest absolute Gasteiger partial charge is 0.393 e. The topological polar surface area (TPSA) is 38.7 Å². The van der Waals surface area contributed by atoms with Gasteiger partial charge in [0.25, 0.3) is 0 Å². The van der Waals surface area contributed by atoms with Crippen LogP contribution in [0.5, 0.6) is 0 Å². The highest BCUT2D eigenvalue weighted by Gasteiger charge is 2.36. The van der Waals surface area contributed by atoms with Crippen LogP contribution in [0.3, 0.4) is 0 Å². The molecule has 1 aliphatic rings. The summed E-state index contributed by atoms with van der Waals surface area (Å²) in [5.74, 6) is 0.0960. The Balaban J connectivity index is 2.65. The second kappa shape index (κ2) is 7.22. The Kier molecular flexibility index (Phi) is 6.24. The maximum absolute atomic E-state index is 10.1. The van der Waals surface area contributed by atoms with E-state index >= 15 is 0 Å². The predicted octanol–water partition coefficient (Wildman–Crippen LogP) is 3.29. The molecular weight excluding hydrogens is 240 g/mol. The summed E-state index contributed by atoms with van der Waals surface area (Å²) in [6.07, 6.45) is 6.84. The normalized spacial score (nSPS) is 28.7. The lowest BCUT2D eigenvalue weighted by molar-refractivity contribution is -0.290. The molecule has 1 N–H and O–H groups in total. The Morgan fingerprint density at radius 2 is 2.11 bits per heavy atom. The van der Waals surface area contributed by atoms with Gasteiger partial charge in [-0.15, -0.1) is 0 Å². The number of aliphatic hydroxyl groups is 1. The molecule has 110 valence electrons. The quantitative estimate of drug-likeness (QED) is 0.751. The summed E-state index contributed by atoms with van der Waals surface area (Å²) in [4.78, 5) is 0. The summed E-state index contributed by atoms with van der Waals surface area (Å²) >= 11 is 0. The second-order valence-electron chi connectivity index (χ2n) is 6.17. The average Bonchev–Trinajstić information content (AvgIpc) is 2.26. The van der Waals surface area contributed by atoms with Crippen LogP contribution in [0.4, 0.5) is 0 Å². The molecule has 0 aromatic carbocycles. The number of ether oxygens (including phenoxy) is 2. The van der Waals surface area contributed by atoms with Gasteiger partial charge in [-0.25, -0.2) is 0 Å². The third-order valence-corrected chi connectivity index (χ3v) is 3.28. The molecule has 3 heteroatoms. The van der Waals surface area contributed by atoms with E-state index in [1.165, 1.54) is 0 Å². The molecule has 0 aromatic heterocycles. The molecule has 0 aliphatic carbocycles. The Labute approximate surface area is 117 Å². The van der Waals surface area contributed by atoms with Crippen molar-refractivity contribution in [2.24, 2.45) is 11.8 Å². The minimum Gasteiger partial charge on any atom is -0.393 e. The van der Waals surface area contributed by atoms with E-state index in [0.717, 1.165) is 6.42 Å². The zero-order valence-corrected chi connectivity index (χ0v) is 12.6. The van der Waals surface area contributed by atoms with E-state index in [2.05, 4.69) is 26.5 Å². The smallest absolute Gasteiger partial charge is 0.163 e. The van der Waals surface area contributed by atoms with Gasteiger partial charge in [0, 0.05) is 12.3 Å². The van der Waals surface area contributed by atoms with Crippen molar-refractivity contribution in [2.45, 2.75) is 58.5 Å². The summed E-state index contributed by atoms with van der Waals surface area (Å²) < 4.78 is 11.6. The van der Waals surface area contributed by atoms with Crippen LogP contribution in [0, 0.1) is 11.8 Å². The van der Waals surface area contributed by atoms with Gasteiger partial charge in [0.15, 0.2) is 5.79 Å². The molecule has 19 heavy (non-hydrogen) atoms. The van der Waals surface area contributed by atoms with Crippen molar-refractivity contribution in [3.05, 3.63) is 24.8 Å². The van der Waals surface area contributed by atoms with Crippen LogP contribution < -0.4 is 0 Å². The zero-order chi connectivity index (χ0) is 14.5. The van der Waals surface area contributed by atoms with Crippen molar-refractivity contribution in [1.82, 2.24) is 0 Å². The van der Waals surface area contributed by atoms with Crippen molar-refractivity contribution >= 4 is 0 Å². The Morgan fingerprint density at radius 3 is 2.68 bits per heavy atom. The van der Waals surface area contributed by atoms with E-state index in [1.54, 1.807) is 6.08 Å². The molecule has 3 nitrogen and oxygen atoms in total. The van der Waals surface area contributed by atoms with Crippen LogP contribution in [0.2, 0.25) is 0 Å². The second-order valence-corrected chi connectivity index (χ2v) is 6.17. The highest BCUT2D eigenvalue weighted by atomic mass is 16.7. The molecule has 1 saturated heterocycles. The minimum absolute atomic E-state index is 0.00583. The molecule has 0 aromatic rings. The van der Waals surface area contributed by atoms with Gasteiger partial charge in [0.1, 0.15) is 0 Å². The fourth-order valence-electron chi connectivity index (χ4n) is 2.42. The van der Waals surface area contributed by atoms with Gasteiger partial charge in [-0.1, -0.05) is 38.7 Å². The molecule has 3 atom stereocenters. The van der Waals surface area contributed by atoms with Crippen molar-refractivity contribution in [1.29, 1.82) is 0 Å². The van der Waals surface area contributed by atoms with E-state index in [-0.39, 0.29) is 18.1 Å². The molecular formula is C16H28O3. The first-order valence-electron chi connectivity index (χ1n) is 7.13. The Bertz CT molecular complexity index is 307. The van der Waals surface area contributed by atoms with Crippen molar-refractivity contribution < 1.29 is 14.6 Å². The van der Waals surface area contributed by atoms with E-state index in [1.807, 2.05) is 19.9 Å². The number of rotatable bonds is 6. The first-order chi connectivity index (χ1) is 8.84. The summed E-state index contributed by atoms with van der Waals surface area (Å²) in [6.45, 7) is 12.4. The maximum Gasteiger partial charge on any atom is 0.163 e. The molecule has 0 saturated carbocycles. The first kappa shape index (κ1) is 16.4. The van der Waals surface area contributed by atoms with E-state index in [0.29, 0.717) is 18.9 Å². The Hall–Kier alpha value is -0.640. The van der Waals surface area contributed by atoms with Crippen LogP contribution in [0.25, 0.3) is 0 Å². The standard InChI is InChI=1S/C16H28O3/c1-6-7-8-13-11-18-16(4,5)19-15(13)10-14(17)9-12(2)3/h6-8,12-15,17H,1,9-11H2,2-5H3/b8-7+/t13-,14?,15+/m0/s1. The molecule has 1 unspecified atom stereocenters. The molecule has 1 aliphatic heterocycles. The van der Waals surface area contributed by atoms with Crippen molar-refractivity contribution in [3.8, 4) is 0 Å². The summed E-state index contributed by atoms with van der Waals surface area (Å²) in [6, 6.07) is 0. The molecule has 0 bridgehead atoms. The average molecular weight is 268 g/mol. The van der Waals surface area contributed by atoms with Crippen molar-refractivity contribution in [2.75, 3.05) is 6.61 Å². The highest BCUT2D eigenvalue weighted by molar-refractivity contribution is 5.03. The molecule has 1 rings (SSSR count). The van der Waals surface area contributed by atoms with Crippen LogP contribution in [-0.2, 0) is 9.47 Å². The SMILES string of the molecule is C=C/C=C/[C@H]1COC(C)(C)O[C@@H]1CC(O)CC(C)C. The lowest BCUT2D eigenvalue weighted by atomic mass is 9.92. The van der Waals surface area contributed by atoms with Crippen LogP contribution in [-0.4, -0.2) is 29.7 Å². The molecule has 0 radical (unpaired) electrons. The van der Waals surface area contributed by atoms with Gasteiger partial charge in [0.2, 0.25) is 0 Å². The first-order valence-corrected chi connectivity index (χ1v) is 7.13. The van der Waals surface area contributed by atoms with Gasteiger partial charge in [-0.3, -0.25) is 0 Å². The van der Waals surface area contributed by atoms with Gasteiger partial charge in [0.05, 0.1) is 18.8 Å². The molecule has 1 fully saturated rings. The van der Waals surface area contributed by atoms with Crippen molar-refractivity contribution in [3.63, 3.8) is 0 Å². The van der Waals surface area contributed by atoms with Gasteiger partial charge in [-0.05, 0) is 26.2 Å². The van der Waals surface area contributed by atoms with Gasteiger partial charge in [-0.2, -0.15) is 0 Å². The summed E-state index contributed by atoms with van der Waals surface area (Å²) in [5, 5.41) is 10.1. The predicted molar refractivity (Wildman–Crippen MR) is 77.8 cm³/mol. The number of hydrogen-bond donors (Lipinski definition) is 1. The summed E-state index contributed by atoms with van der Waals surface area (Å²) in [5.41, 5.74) is 0. The zero-order valence-electron chi connectivity index (χ0n) is 12.6. The summed E-state index contributed by atoms with van der Waals surface area (Å²) in [7, 11) is 0. The van der Waals surface area contributed by atoms with E-state index in [9.17, 15) is 5.11 Å². The van der Waals surface area contributed by atoms with Crippen LogP contribution >= 0.6 is 0 Å². The molecule has 1 heterocycles. The van der Waals surface area contributed by atoms with Gasteiger partial charge < -0.3 is 14.6 Å². The third kappa shape index (κ3) is 5.89. The fraction of sp³-hybridized carbons (Fsp3) is 0.750. The monoisotopic (exact) mass is 268 g/mol. The van der Waals surface area contributed by atoms with Crippen LogP contribution in [0.15, 0.2) is 24.8 Å². The van der Waals surface area contributed by atoms with Crippen LogP contribution in [0.1, 0.15) is 40.5 Å². The maximum atomic E-state index is 10.1. The Morgan fingerprint density at radius 1 is 1.42 bits per heavy atom. The van der Waals surface area contributed by atoms with Gasteiger partial charge >= 0.3 is 0 Å². The lowest BCUT2D eigenvalue weighted by Gasteiger charge is -2.41.